The number of nitrogens with zero attached hydrogens (tertiary/aromatic N) is 1. The molecule has 1 N–H and O–H groups in total. The van der Waals surface area contributed by atoms with Crippen LogP contribution in [0.2, 0.25) is 0 Å². The van der Waals surface area contributed by atoms with Crippen molar-refractivity contribution in [2.45, 2.75) is 4.90 Å². The van der Waals surface area contributed by atoms with Gasteiger partial charge in [0.2, 0.25) is 10.0 Å². The van der Waals surface area contributed by atoms with Crippen molar-refractivity contribution in [2.75, 3.05) is 26.0 Å². The van der Waals surface area contributed by atoms with Crippen molar-refractivity contribution in [1.82, 2.24) is 4.31 Å². The van der Waals surface area contributed by atoms with Gasteiger partial charge in [-0.05, 0) is 42.5 Å². The maximum atomic E-state index is 12.0. The molecule has 0 aliphatic rings. The van der Waals surface area contributed by atoms with Crippen molar-refractivity contribution in [3.63, 3.8) is 0 Å². The van der Waals surface area contributed by atoms with Gasteiger partial charge in [0.15, 0.2) is 6.61 Å². The SMILES string of the molecule is CN(C)S(=O)(=O)c1ccc(NC(=O)COc2cccc(Br)c2)cc1. The normalized spacial score (nSPS) is 11.3. The van der Waals surface area contributed by atoms with E-state index in [9.17, 15) is 13.2 Å². The van der Waals surface area contributed by atoms with Gasteiger partial charge in [0, 0.05) is 24.3 Å². The number of anilines is 1. The van der Waals surface area contributed by atoms with Crippen LogP contribution in [0, 0.1) is 0 Å². The average molecular weight is 413 g/mol. The number of benzene rings is 2. The predicted octanol–water partition coefficient (Wildman–Crippen LogP) is 2.72. The number of sulfonamides is 1. The molecule has 2 rings (SSSR count). The maximum Gasteiger partial charge on any atom is 0.262 e. The van der Waals surface area contributed by atoms with Gasteiger partial charge < -0.3 is 10.1 Å². The number of ether oxygens (including phenoxy) is 1. The molecule has 0 aliphatic heterocycles. The molecule has 128 valence electrons. The lowest BCUT2D eigenvalue weighted by Gasteiger charge is -2.12. The Kier molecular flexibility index (Phi) is 5.98. The molecule has 6 nitrogen and oxygen atoms in total. The Morgan fingerprint density at radius 1 is 1.17 bits per heavy atom. The summed E-state index contributed by atoms with van der Waals surface area (Å²) in [7, 11) is -0.556. The van der Waals surface area contributed by atoms with Gasteiger partial charge in [-0.15, -0.1) is 0 Å². The largest absolute Gasteiger partial charge is 0.484 e. The monoisotopic (exact) mass is 412 g/mol. The molecule has 0 saturated carbocycles. The van der Waals surface area contributed by atoms with E-state index in [1.807, 2.05) is 6.07 Å². The van der Waals surface area contributed by atoms with Crippen LogP contribution in [0.25, 0.3) is 0 Å². The third-order valence-electron chi connectivity index (χ3n) is 3.08. The first-order valence-corrected chi connectivity index (χ1v) is 9.23. The van der Waals surface area contributed by atoms with E-state index in [2.05, 4.69) is 21.2 Å². The van der Waals surface area contributed by atoms with Crippen molar-refractivity contribution in [1.29, 1.82) is 0 Å². The van der Waals surface area contributed by atoms with Gasteiger partial charge in [-0.3, -0.25) is 4.79 Å². The minimum absolute atomic E-state index is 0.145. The van der Waals surface area contributed by atoms with Gasteiger partial charge in [-0.25, -0.2) is 12.7 Å². The van der Waals surface area contributed by atoms with Crippen LogP contribution in [0.15, 0.2) is 57.9 Å². The highest BCUT2D eigenvalue weighted by Crippen LogP contribution is 2.18. The van der Waals surface area contributed by atoms with Crippen LogP contribution in [-0.2, 0) is 14.8 Å². The zero-order valence-electron chi connectivity index (χ0n) is 13.2. The van der Waals surface area contributed by atoms with Crippen LogP contribution in [-0.4, -0.2) is 39.3 Å². The first-order valence-electron chi connectivity index (χ1n) is 7.00. The molecule has 1 amide bonds. The van der Waals surface area contributed by atoms with Gasteiger partial charge in [0.05, 0.1) is 4.90 Å². The quantitative estimate of drug-likeness (QED) is 0.790. The van der Waals surface area contributed by atoms with E-state index < -0.39 is 10.0 Å². The molecule has 0 spiro atoms. The Hall–Kier alpha value is -1.90. The van der Waals surface area contributed by atoms with Gasteiger partial charge in [-0.2, -0.15) is 0 Å². The fourth-order valence-corrected chi connectivity index (χ4v) is 3.10. The summed E-state index contributed by atoms with van der Waals surface area (Å²) in [6, 6.07) is 13.1. The molecule has 0 unspecified atom stereocenters. The van der Waals surface area contributed by atoms with Crippen LogP contribution in [0.5, 0.6) is 5.75 Å². The zero-order chi connectivity index (χ0) is 17.7. The molecule has 2 aromatic rings. The van der Waals surface area contributed by atoms with Crippen LogP contribution >= 0.6 is 15.9 Å². The third kappa shape index (κ3) is 4.80. The molecule has 8 heteroatoms. The van der Waals surface area contributed by atoms with Crippen LogP contribution in [0.3, 0.4) is 0 Å². The number of halogens is 1. The number of nitrogens with one attached hydrogen (secondary N) is 1. The molecule has 0 aliphatic carbocycles. The molecule has 0 fully saturated rings. The smallest absolute Gasteiger partial charge is 0.262 e. The lowest BCUT2D eigenvalue weighted by Crippen LogP contribution is -2.22. The predicted molar refractivity (Wildman–Crippen MR) is 95.6 cm³/mol. The minimum Gasteiger partial charge on any atom is -0.484 e. The number of hydrogen-bond donors (Lipinski definition) is 1. The molecule has 0 aromatic heterocycles. The van der Waals surface area contributed by atoms with Crippen molar-refractivity contribution >= 4 is 37.5 Å². The highest BCUT2D eigenvalue weighted by atomic mass is 79.9. The van der Waals surface area contributed by atoms with Crippen molar-refractivity contribution in [3.05, 3.63) is 53.0 Å². The molecular formula is C16H17BrN2O4S. The minimum atomic E-state index is -3.48. The Labute approximate surface area is 149 Å². The van der Waals surface area contributed by atoms with Crippen molar-refractivity contribution in [3.8, 4) is 5.75 Å². The number of rotatable bonds is 6. The summed E-state index contributed by atoms with van der Waals surface area (Å²) < 4.78 is 31.3. The van der Waals surface area contributed by atoms with E-state index in [1.165, 1.54) is 38.4 Å². The second kappa shape index (κ2) is 7.78. The van der Waals surface area contributed by atoms with E-state index >= 15 is 0 Å². The first-order chi connectivity index (χ1) is 11.3. The Morgan fingerprint density at radius 2 is 1.83 bits per heavy atom. The van der Waals surface area contributed by atoms with Gasteiger partial charge in [-0.1, -0.05) is 22.0 Å². The van der Waals surface area contributed by atoms with Gasteiger partial charge in [0.25, 0.3) is 5.91 Å². The van der Waals surface area contributed by atoms with Gasteiger partial charge >= 0.3 is 0 Å². The average Bonchev–Trinajstić information content (AvgIpc) is 2.53. The Balaban J connectivity index is 1.95. The molecule has 0 bridgehead atoms. The zero-order valence-corrected chi connectivity index (χ0v) is 15.6. The molecule has 0 radical (unpaired) electrons. The van der Waals surface area contributed by atoms with E-state index in [0.29, 0.717) is 11.4 Å². The van der Waals surface area contributed by atoms with E-state index in [4.69, 9.17) is 4.74 Å². The van der Waals surface area contributed by atoms with Crippen molar-refractivity contribution < 1.29 is 17.9 Å². The summed E-state index contributed by atoms with van der Waals surface area (Å²) in [5.74, 6) is 0.241. The molecule has 2 aromatic carbocycles. The number of amides is 1. The van der Waals surface area contributed by atoms with Gasteiger partial charge in [0.1, 0.15) is 5.75 Å². The molecular weight excluding hydrogens is 396 g/mol. The van der Waals surface area contributed by atoms with Crippen LogP contribution < -0.4 is 10.1 Å². The number of hydrogen-bond acceptors (Lipinski definition) is 4. The van der Waals surface area contributed by atoms with E-state index in [-0.39, 0.29) is 17.4 Å². The lowest BCUT2D eigenvalue weighted by atomic mass is 10.3. The Bertz CT molecular complexity index is 820. The number of carbonyl (C=O) groups excluding carboxylic acids is 1. The second-order valence-corrected chi connectivity index (χ2v) is 8.17. The van der Waals surface area contributed by atoms with E-state index in [1.54, 1.807) is 18.2 Å². The van der Waals surface area contributed by atoms with Crippen LogP contribution in [0.1, 0.15) is 0 Å². The first kappa shape index (κ1) is 18.4. The fourth-order valence-electron chi connectivity index (χ4n) is 1.82. The highest BCUT2D eigenvalue weighted by Gasteiger charge is 2.16. The summed E-state index contributed by atoms with van der Waals surface area (Å²) in [6.07, 6.45) is 0. The van der Waals surface area contributed by atoms with E-state index in [0.717, 1.165) is 8.78 Å². The molecule has 0 atom stereocenters. The maximum absolute atomic E-state index is 12.0. The topological polar surface area (TPSA) is 75.7 Å². The van der Waals surface area contributed by atoms with Crippen LogP contribution in [0.4, 0.5) is 5.69 Å². The fraction of sp³-hybridized carbons (Fsp3) is 0.188. The number of carbonyl (C=O) groups is 1. The molecule has 0 saturated heterocycles. The summed E-state index contributed by atoms with van der Waals surface area (Å²) in [5, 5.41) is 2.65. The highest BCUT2D eigenvalue weighted by molar-refractivity contribution is 9.10. The summed E-state index contributed by atoms with van der Waals surface area (Å²) in [4.78, 5) is 12.0. The molecule has 0 heterocycles. The molecule has 24 heavy (non-hydrogen) atoms. The summed E-state index contributed by atoms with van der Waals surface area (Å²) >= 11 is 3.32. The standard InChI is InChI=1S/C16H17BrN2O4S/c1-19(2)24(21,22)15-8-6-13(7-9-15)18-16(20)11-23-14-5-3-4-12(17)10-14/h3-10H,11H2,1-2H3,(H,18,20). The Morgan fingerprint density at radius 3 is 2.42 bits per heavy atom. The summed E-state index contributed by atoms with van der Waals surface area (Å²) in [5.41, 5.74) is 0.496. The summed E-state index contributed by atoms with van der Waals surface area (Å²) in [6.45, 7) is -0.145. The second-order valence-electron chi connectivity index (χ2n) is 5.11. The third-order valence-corrected chi connectivity index (χ3v) is 5.41. The van der Waals surface area contributed by atoms with Crippen molar-refractivity contribution in [2.24, 2.45) is 0 Å². The lowest BCUT2D eigenvalue weighted by molar-refractivity contribution is -0.118.